The first-order chi connectivity index (χ1) is 14.5. The number of anilines is 1. The van der Waals surface area contributed by atoms with E-state index in [1.165, 1.54) is 34.5 Å². The van der Waals surface area contributed by atoms with Crippen LogP contribution in [-0.4, -0.2) is 30.0 Å². The molecule has 3 aromatic rings. The Labute approximate surface area is 178 Å². The molecule has 6 heteroatoms. The molecule has 1 aromatic carbocycles. The minimum atomic E-state index is -0.282. The van der Waals surface area contributed by atoms with Crippen LogP contribution in [0, 0.1) is 6.92 Å². The van der Waals surface area contributed by atoms with E-state index in [2.05, 4.69) is 70.3 Å². The van der Waals surface area contributed by atoms with Gasteiger partial charge in [0.15, 0.2) is 0 Å². The summed E-state index contributed by atoms with van der Waals surface area (Å²) in [4.78, 5) is 15.1. The summed E-state index contributed by atoms with van der Waals surface area (Å²) in [7, 11) is 0. The summed E-state index contributed by atoms with van der Waals surface area (Å²) in [5, 5.41) is 3.70. The molecule has 0 aliphatic carbocycles. The maximum Gasteiger partial charge on any atom is 0.200 e. The number of imidazole rings is 2. The highest BCUT2D eigenvalue weighted by molar-refractivity contribution is 5.70. The highest BCUT2D eigenvalue weighted by Gasteiger charge is 2.44. The monoisotopic (exact) mass is 402 g/mol. The molecule has 2 unspecified atom stereocenters. The van der Waals surface area contributed by atoms with Crippen LogP contribution in [-0.2, 0) is 19.5 Å². The molecule has 0 bridgehead atoms. The molecule has 0 radical (unpaired) electrons. The summed E-state index contributed by atoms with van der Waals surface area (Å²) in [5.41, 5.74) is 7.19. The molecule has 2 aromatic heterocycles. The number of aromatic amines is 1. The van der Waals surface area contributed by atoms with Crippen molar-refractivity contribution in [1.29, 1.82) is 0 Å². The third-order valence-corrected chi connectivity index (χ3v) is 6.87. The van der Waals surface area contributed by atoms with Gasteiger partial charge in [0.05, 0.1) is 23.6 Å². The number of benzene rings is 1. The lowest BCUT2D eigenvalue weighted by Gasteiger charge is -2.43. The molecule has 2 atom stereocenters. The predicted molar refractivity (Wildman–Crippen MR) is 120 cm³/mol. The van der Waals surface area contributed by atoms with E-state index in [9.17, 15) is 0 Å². The Hall–Kier alpha value is -3.02. The van der Waals surface area contributed by atoms with E-state index in [4.69, 9.17) is 4.98 Å². The van der Waals surface area contributed by atoms with Crippen molar-refractivity contribution in [3.63, 3.8) is 0 Å². The zero-order chi connectivity index (χ0) is 20.9. The van der Waals surface area contributed by atoms with E-state index >= 15 is 0 Å². The van der Waals surface area contributed by atoms with Crippen molar-refractivity contribution >= 4 is 11.6 Å². The Balaban J connectivity index is 1.61. The SMILES string of the molecule is C=C1c2cc(C)ccc2CN1C(c1ncn2c1CCC2)C(C)(CC)Nc1ncc[nH]1. The Morgan fingerprint density at radius 3 is 2.97 bits per heavy atom. The van der Waals surface area contributed by atoms with E-state index in [1.807, 2.05) is 12.5 Å². The molecular weight excluding hydrogens is 372 g/mol. The summed E-state index contributed by atoms with van der Waals surface area (Å²) >= 11 is 0. The summed E-state index contributed by atoms with van der Waals surface area (Å²) < 4.78 is 2.32. The number of nitrogens with one attached hydrogen (secondary N) is 2. The first kappa shape index (κ1) is 19.0. The van der Waals surface area contributed by atoms with Crippen LogP contribution in [0.2, 0.25) is 0 Å². The van der Waals surface area contributed by atoms with Crippen molar-refractivity contribution in [2.75, 3.05) is 5.32 Å². The molecule has 0 saturated heterocycles. The number of aryl methyl sites for hydroxylation is 2. The fourth-order valence-corrected chi connectivity index (χ4v) is 5.06. The van der Waals surface area contributed by atoms with Gasteiger partial charge in [-0.15, -0.1) is 0 Å². The van der Waals surface area contributed by atoms with Crippen molar-refractivity contribution in [1.82, 2.24) is 24.4 Å². The van der Waals surface area contributed by atoms with Crippen LogP contribution in [0.15, 0.2) is 43.5 Å². The van der Waals surface area contributed by atoms with Crippen LogP contribution in [0.5, 0.6) is 0 Å². The quantitative estimate of drug-likeness (QED) is 0.629. The molecule has 0 amide bonds. The largest absolute Gasteiger partial charge is 0.356 e. The van der Waals surface area contributed by atoms with Crippen molar-refractivity contribution in [2.45, 2.75) is 64.7 Å². The molecule has 2 aliphatic rings. The second kappa shape index (κ2) is 7.04. The zero-order valence-electron chi connectivity index (χ0n) is 18.1. The van der Waals surface area contributed by atoms with E-state index in [-0.39, 0.29) is 11.6 Å². The van der Waals surface area contributed by atoms with Crippen LogP contribution in [0.4, 0.5) is 5.95 Å². The highest BCUT2D eigenvalue weighted by Crippen LogP contribution is 2.46. The van der Waals surface area contributed by atoms with Gasteiger partial charge in [0.25, 0.3) is 0 Å². The third kappa shape index (κ3) is 2.93. The standard InChI is InChI=1S/C24H30N6/c1-5-24(4,28-23-25-10-11-26-23)22(21-20-7-6-12-29(20)15-27-21)30-14-18-9-8-16(2)13-19(18)17(30)3/h8-11,13,15,22H,3,5-7,12,14H2,1-2,4H3,(H2,25,26,28). The minimum Gasteiger partial charge on any atom is -0.356 e. The van der Waals surface area contributed by atoms with Crippen molar-refractivity contribution in [3.05, 3.63) is 71.6 Å². The Morgan fingerprint density at radius 1 is 1.33 bits per heavy atom. The lowest BCUT2D eigenvalue weighted by molar-refractivity contribution is 0.201. The lowest BCUT2D eigenvalue weighted by atomic mass is 9.84. The van der Waals surface area contributed by atoms with Gasteiger partial charge in [-0.25, -0.2) is 9.97 Å². The molecule has 0 saturated carbocycles. The van der Waals surface area contributed by atoms with Gasteiger partial charge in [-0.2, -0.15) is 0 Å². The van der Waals surface area contributed by atoms with Crippen molar-refractivity contribution in [3.8, 4) is 0 Å². The maximum absolute atomic E-state index is 4.95. The number of H-pyrrole nitrogens is 1. The van der Waals surface area contributed by atoms with E-state index in [1.54, 1.807) is 6.20 Å². The van der Waals surface area contributed by atoms with Crippen LogP contribution < -0.4 is 5.32 Å². The second-order valence-corrected chi connectivity index (χ2v) is 8.84. The topological polar surface area (TPSA) is 61.8 Å². The number of rotatable bonds is 6. The maximum atomic E-state index is 4.95. The second-order valence-electron chi connectivity index (χ2n) is 8.84. The fraction of sp³-hybridized carbons (Fsp3) is 0.417. The molecular formula is C24H30N6. The number of aromatic nitrogens is 4. The Bertz CT molecular complexity index is 1080. The molecule has 0 fully saturated rings. The smallest absolute Gasteiger partial charge is 0.200 e. The zero-order valence-corrected chi connectivity index (χ0v) is 18.1. The molecule has 0 spiro atoms. The fourth-order valence-electron chi connectivity index (χ4n) is 5.06. The molecule has 4 heterocycles. The lowest BCUT2D eigenvalue weighted by Crippen LogP contribution is -2.48. The average Bonchev–Trinajstić information content (AvgIpc) is 3.50. The molecule has 30 heavy (non-hydrogen) atoms. The van der Waals surface area contributed by atoms with Gasteiger partial charge in [-0.05, 0) is 44.7 Å². The van der Waals surface area contributed by atoms with E-state index in [0.29, 0.717) is 0 Å². The molecule has 5 rings (SSSR count). The van der Waals surface area contributed by atoms with Gasteiger partial charge in [0, 0.05) is 42.4 Å². The van der Waals surface area contributed by atoms with Gasteiger partial charge < -0.3 is 19.8 Å². The van der Waals surface area contributed by atoms with Gasteiger partial charge in [0.2, 0.25) is 5.95 Å². The molecule has 6 nitrogen and oxygen atoms in total. The molecule has 156 valence electrons. The normalized spacial score (nSPS) is 18.2. The average molecular weight is 403 g/mol. The van der Waals surface area contributed by atoms with Gasteiger partial charge in [0.1, 0.15) is 0 Å². The summed E-state index contributed by atoms with van der Waals surface area (Å²) in [5.74, 6) is 0.790. The minimum absolute atomic E-state index is 0.0437. The van der Waals surface area contributed by atoms with Gasteiger partial charge in [-0.3, -0.25) is 0 Å². The van der Waals surface area contributed by atoms with Crippen LogP contribution in [0.1, 0.15) is 60.8 Å². The van der Waals surface area contributed by atoms with E-state index in [0.717, 1.165) is 37.6 Å². The highest BCUT2D eigenvalue weighted by atomic mass is 15.3. The third-order valence-electron chi connectivity index (χ3n) is 6.87. The number of fused-ring (bicyclic) bond motifs is 2. The van der Waals surface area contributed by atoms with Gasteiger partial charge >= 0.3 is 0 Å². The summed E-state index contributed by atoms with van der Waals surface area (Å²) in [6, 6.07) is 6.74. The van der Waals surface area contributed by atoms with Crippen LogP contribution in [0.3, 0.4) is 0 Å². The number of hydrogen-bond donors (Lipinski definition) is 2. The van der Waals surface area contributed by atoms with Gasteiger partial charge in [-0.1, -0.05) is 31.2 Å². The Morgan fingerprint density at radius 2 is 2.20 bits per heavy atom. The molecule has 2 N–H and O–H groups in total. The first-order valence-corrected chi connectivity index (χ1v) is 10.9. The van der Waals surface area contributed by atoms with Crippen LogP contribution >= 0.6 is 0 Å². The summed E-state index contributed by atoms with van der Waals surface area (Å²) in [6.45, 7) is 13.1. The Kier molecular flexibility index (Phi) is 4.45. The van der Waals surface area contributed by atoms with Crippen molar-refractivity contribution < 1.29 is 0 Å². The van der Waals surface area contributed by atoms with E-state index < -0.39 is 0 Å². The summed E-state index contributed by atoms with van der Waals surface area (Å²) in [6.07, 6.45) is 8.85. The molecule has 2 aliphatic heterocycles. The van der Waals surface area contributed by atoms with Crippen molar-refractivity contribution in [2.24, 2.45) is 0 Å². The number of hydrogen-bond acceptors (Lipinski definition) is 4. The first-order valence-electron chi connectivity index (χ1n) is 10.9. The predicted octanol–water partition coefficient (Wildman–Crippen LogP) is 4.67. The van der Waals surface area contributed by atoms with Crippen LogP contribution in [0.25, 0.3) is 5.70 Å². The number of nitrogens with zero attached hydrogens (tertiary/aromatic N) is 4.